The fraction of sp³-hybridized carbons (Fsp3) is 0. The van der Waals surface area contributed by atoms with E-state index in [1.54, 1.807) is 6.07 Å². The van der Waals surface area contributed by atoms with E-state index in [-0.39, 0.29) is 5.82 Å². The Morgan fingerprint density at radius 2 is 1.54 bits per heavy atom. The van der Waals surface area contributed by atoms with Crippen molar-refractivity contribution in [2.45, 2.75) is 0 Å². The molecule has 0 aliphatic heterocycles. The molecule has 0 spiro atoms. The molecule has 3 heteroatoms. The Morgan fingerprint density at radius 3 is 2.33 bits per heavy atom. The van der Waals surface area contributed by atoms with Crippen LogP contribution in [0.5, 0.6) is 0 Å². The fourth-order valence-corrected chi connectivity index (χ4v) is 3.02. The molecule has 24 heavy (non-hydrogen) atoms. The van der Waals surface area contributed by atoms with Crippen molar-refractivity contribution in [2.24, 2.45) is 0 Å². The molecule has 0 fully saturated rings. The Labute approximate surface area is 144 Å². The van der Waals surface area contributed by atoms with Crippen molar-refractivity contribution in [1.82, 2.24) is 4.98 Å². The Hall–Kier alpha value is -2.71. The van der Waals surface area contributed by atoms with Crippen molar-refractivity contribution in [3.63, 3.8) is 0 Å². The SMILES string of the molecule is Fc1cccc(-c2cc(-c3ccccc3)c3cc(Cl)ccc3n2)c1. The van der Waals surface area contributed by atoms with Gasteiger partial charge in [0.2, 0.25) is 0 Å². The van der Waals surface area contributed by atoms with E-state index in [0.29, 0.717) is 5.02 Å². The van der Waals surface area contributed by atoms with E-state index in [9.17, 15) is 4.39 Å². The van der Waals surface area contributed by atoms with Gasteiger partial charge in [0, 0.05) is 16.0 Å². The van der Waals surface area contributed by atoms with Gasteiger partial charge in [-0.1, -0.05) is 54.1 Å². The smallest absolute Gasteiger partial charge is 0.123 e. The molecule has 4 rings (SSSR count). The van der Waals surface area contributed by atoms with Crippen LogP contribution in [0, 0.1) is 5.82 Å². The first kappa shape index (κ1) is 14.9. The molecule has 0 atom stereocenters. The van der Waals surface area contributed by atoms with Gasteiger partial charge in [0.25, 0.3) is 0 Å². The number of aromatic nitrogens is 1. The maximum absolute atomic E-state index is 13.6. The zero-order chi connectivity index (χ0) is 16.5. The molecular weight excluding hydrogens is 321 g/mol. The molecule has 0 bridgehead atoms. The summed E-state index contributed by atoms with van der Waals surface area (Å²) in [5.74, 6) is -0.272. The molecule has 116 valence electrons. The van der Waals surface area contributed by atoms with Gasteiger partial charge in [-0.2, -0.15) is 0 Å². The highest BCUT2D eigenvalue weighted by Crippen LogP contribution is 2.33. The summed E-state index contributed by atoms with van der Waals surface area (Å²) in [4.78, 5) is 4.69. The van der Waals surface area contributed by atoms with Crippen LogP contribution in [-0.2, 0) is 0 Å². The highest BCUT2D eigenvalue weighted by Gasteiger charge is 2.10. The molecule has 0 amide bonds. The summed E-state index contributed by atoms with van der Waals surface area (Å²) in [5, 5.41) is 1.65. The first-order valence-corrected chi connectivity index (χ1v) is 8.00. The Kier molecular flexibility index (Phi) is 3.75. The number of benzene rings is 3. The quantitative estimate of drug-likeness (QED) is 0.416. The molecule has 0 N–H and O–H groups in total. The van der Waals surface area contributed by atoms with Gasteiger partial charge in [0.05, 0.1) is 11.2 Å². The third-order valence-electron chi connectivity index (χ3n) is 3.98. The van der Waals surface area contributed by atoms with Gasteiger partial charge in [-0.25, -0.2) is 9.37 Å². The summed E-state index contributed by atoms with van der Waals surface area (Å²) >= 11 is 6.18. The van der Waals surface area contributed by atoms with Crippen molar-refractivity contribution in [3.8, 4) is 22.4 Å². The number of rotatable bonds is 2. The number of hydrogen-bond donors (Lipinski definition) is 0. The second kappa shape index (κ2) is 6.06. The fourth-order valence-electron chi connectivity index (χ4n) is 2.85. The van der Waals surface area contributed by atoms with Crippen molar-refractivity contribution < 1.29 is 4.39 Å². The second-order valence-corrected chi connectivity index (χ2v) is 6.03. The van der Waals surface area contributed by atoms with Gasteiger partial charge in [-0.3, -0.25) is 0 Å². The van der Waals surface area contributed by atoms with Gasteiger partial charge < -0.3 is 0 Å². The van der Waals surface area contributed by atoms with Gasteiger partial charge >= 0.3 is 0 Å². The van der Waals surface area contributed by atoms with Crippen LogP contribution in [0.15, 0.2) is 78.9 Å². The predicted molar refractivity (Wildman–Crippen MR) is 97.6 cm³/mol. The highest BCUT2D eigenvalue weighted by molar-refractivity contribution is 6.31. The monoisotopic (exact) mass is 333 g/mol. The van der Waals surface area contributed by atoms with Gasteiger partial charge in [0.1, 0.15) is 5.82 Å². The normalized spacial score (nSPS) is 10.9. The van der Waals surface area contributed by atoms with E-state index in [2.05, 4.69) is 4.98 Å². The molecule has 0 saturated carbocycles. The van der Waals surface area contributed by atoms with Crippen molar-refractivity contribution in [3.05, 3.63) is 89.7 Å². The number of halogens is 2. The summed E-state index contributed by atoms with van der Waals surface area (Å²) in [5.41, 5.74) is 4.43. The van der Waals surface area contributed by atoms with Crippen LogP contribution in [0.4, 0.5) is 4.39 Å². The molecule has 0 radical (unpaired) electrons. The van der Waals surface area contributed by atoms with Crippen LogP contribution in [0.1, 0.15) is 0 Å². The zero-order valence-corrected chi connectivity index (χ0v) is 13.5. The van der Waals surface area contributed by atoms with Gasteiger partial charge in [-0.15, -0.1) is 0 Å². The van der Waals surface area contributed by atoms with Gasteiger partial charge in [0.15, 0.2) is 0 Å². The maximum atomic E-state index is 13.6. The average Bonchev–Trinajstić information content (AvgIpc) is 2.61. The lowest BCUT2D eigenvalue weighted by Crippen LogP contribution is -1.90. The molecular formula is C21H13ClFN. The minimum atomic E-state index is -0.272. The number of pyridine rings is 1. The summed E-state index contributed by atoms with van der Waals surface area (Å²) in [6.07, 6.45) is 0. The van der Waals surface area contributed by atoms with E-state index in [1.807, 2.05) is 60.7 Å². The molecule has 3 aromatic carbocycles. The molecule has 0 saturated heterocycles. The second-order valence-electron chi connectivity index (χ2n) is 5.59. The largest absolute Gasteiger partial charge is 0.248 e. The van der Waals surface area contributed by atoms with E-state index in [4.69, 9.17) is 11.6 Å². The third kappa shape index (κ3) is 2.77. The molecule has 0 aliphatic rings. The maximum Gasteiger partial charge on any atom is 0.123 e. The average molecular weight is 334 g/mol. The molecule has 4 aromatic rings. The summed E-state index contributed by atoms with van der Waals surface area (Å²) in [6, 6.07) is 24.2. The Morgan fingerprint density at radius 1 is 0.750 bits per heavy atom. The minimum absolute atomic E-state index is 0.272. The number of hydrogen-bond acceptors (Lipinski definition) is 1. The van der Waals surface area contributed by atoms with Crippen LogP contribution in [0.25, 0.3) is 33.3 Å². The molecule has 0 aliphatic carbocycles. The standard InChI is InChI=1S/C21H13ClFN/c22-16-9-10-20-19(12-16)18(14-5-2-1-3-6-14)13-21(24-20)15-7-4-8-17(23)11-15/h1-13H. The first-order valence-electron chi connectivity index (χ1n) is 7.62. The molecule has 1 aromatic heterocycles. The number of nitrogens with zero attached hydrogens (tertiary/aromatic N) is 1. The van der Waals surface area contributed by atoms with Crippen LogP contribution in [0.3, 0.4) is 0 Å². The van der Waals surface area contributed by atoms with Crippen molar-refractivity contribution in [1.29, 1.82) is 0 Å². The predicted octanol–water partition coefficient (Wildman–Crippen LogP) is 6.36. The molecule has 1 heterocycles. The number of fused-ring (bicyclic) bond motifs is 1. The van der Waals surface area contributed by atoms with Crippen LogP contribution in [-0.4, -0.2) is 4.98 Å². The lowest BCUT2D eigenvalue weighted by atomic mass is 9.98. The molecule has 0 unspecified atom stereocenters. The third-order valence-corrected chi connectivity index (χ3v) is 4.21. The lowest BCUT2D eigenvalue weighted by Gasteiger charge is -2.11. The summed E-state index contributed by atoms with van der Waals surface area (Å²) in [6.45, 7) is 0. The van der Waals surface area contributed by atoms with E-state index in [0.717, 1.165) is 33.3 Å². The zero-order valence-electron chi connectivity index (χ0n) is 12.7. The van der Waals surface area contributed by atoms with Crippen molar-refractivity contribution >= 4 is 22.5 Å². The molecule has 1 nitrogen and oxygen atoms in total. The Bertz CT molecular complexity index is 1030. The summed E-state index contributed by atoms with van der Waals surface area (Å²) in [7, 11) is 0. The lowest BCUT2D eigenvalue weighted by molar-refractivity contribution is 0.628. The van der Waals surface area contributed by atoms with E-state index >= 15 is 0 Å². The van der Waals surface area contributed by atoms with Crippen LogP contribution in [0.2, 0.25) is 5.02 Å². The van der Waals surface area contributed by atoms with Crippen molar-refractivity contribution in [2.75, 3.05) is 0 Å². The Balaban J connectivity index is 2.03. The van der Waals surface area contributed by atoms with Crippen LogP contribution < -0.4 is 0 Å². The van der Waals surface area contributed by atoms with E-state index in [1.165, 1.54) is 12.1 Å². The highest BCUT2D eigenvalue weighted by atomic mass is 35.5. The van der Waals surface area contributed by atoms with Crippen LogP contribution >= 0.6 is 11.6 Å². The summed E-state index contributed by atoms with van der Waals surface area (Å²) < 4.78 is 13.6. The first-order chi connectivity index (χ1) is 11.7. The minimum Gasteiger partial charge on any atom is -0.248 e. The topological polar surface area (TPSA) is 12.9 Å². The van der Waals surface area contributed by atoms with Gasteiger partial charge in [-0.05, 0) is 47.5 Å². The van der Waals surface area contributed by atoms with E-state index < -0.39 is 0 Å².